The highest BCUT2D eigenvalue weighted by Crippen LogP contribution is 2.30. The van der Waals surface area contributed by atoms with Crippen LogP contribution in [0, 0.1) is 5.92 Å². The molecule has 4 heteroatoms. The predicted molar refractivity (Wildman–Crippen MR) is 92.9 cm³/mol. The van der Waals surface area contributed by atoms with Crippen molar-refractivity contribution >= 4 is 21.6 Å². The van der Waals surface area contributed by atoms with Gasteiger partial charge in [-0.2, -0.15) is 0 Å². The molecule has 0 saturated carbocycles. The van der Waals surface area contributed by atoms with E-state index in [0.717, 1.165) is 36.9 Å². The predicted octanol–water partition coefficient (Wildman–Crippen LogP) is 3.72. The Morgan fingerprint density at radius 3 is 2.86 bits per heavy atom. The van der Waals surface area contributed by atoms with E-state index in [-0.39, 0.29) is 6.10 Å². The Morgan fingerprint density at radius 1 is 1.48 bits per heavy atom. The van der Waals surface area contributed by atoms with Crippen LogP contribution < -0.4 is 10.2 Å². The van der Waals surface area contributed by atoms with Gasteiger partial charge in [0.2, 0.25) is 0 Å². The summed E-state index contributed by atoms with van der Waals surface area (Å²) >= 11 is 3.70. The zero-order valence-corrected chi connectivity index (χ0v) is 14.9. The minimum Gasteiger partial charge on any atom is -0.391 e. The number of hydrogen-bond donors (Lipinski definition) is 2. The Morgan fingerprint density at radius 2 is 2.24 bits per heavy atom. The molecule has 1 aromatic rings. The van der Waals surface area contributed by atoms with Crippen molar-refractivity contribution in [1.29, 1.82) is 0 Å². The highest BCUT2D eigenvalue weighted by Gasteiger charge is 2.24. The molecule has 21 heavy (non-hydrogen) atoms. The number of β-amino-alcohol motifs (C(OH)–C–C–N with tert-alkyl or cyclic N) is 1. The first-order valence-corrected chi connectivity index (χ1v) is 8.78. The van der Waals surface area contributed by atoms with Gasteiger partial charge in [0, 0.05) is 29.3 Å². The lowest BCUT2D eigenvalue weighted by Gasteiger charge is -2.36. The van der Waals surface area contributed by atoms with Gasteiger partial charge in [0.05, 0.1) is 6.10 Å². The molecule has 0 aliphatic carbocycles. The summed E-state index contributed by atoms with van der Waals surface area (Å²) in [5.74, 6) is 0.405. The summed E-state index contributed by atoms with van der Waals surface area (Å²) in [7, 11) is 0. The maximum Gasteiger partial charge on any atom is 0.0741 e. The molecule has 118 valence electrons. The molecule has 1 heterocycles. The van der Waals surface area contributed by atoms with Crippen LogP contribution in [0.2, 0.25) is 0 Å². The summed E-state index contributed by atoms with van der Waals surface area (Å²) < 4.78 is 1.14. The smallest absolute Gasteiger partial charge is 0.0741 e. The molecule has 0 radical (unpaired) electrons. The van der Waals surface area contributed by atoms with E-state index in [9.17, 15) is 5.11 Å². The number of rotatable bonds is 5. The van der Waals surface area contributed by atoms with Gasteiger partial charge in [0.25, 0.3) is 0 Å². The number of aliphatic hydroxyl groups excluding tert-OH is 1. The van der Waals surface area contributed by atoms with Crippen molar-refractivity contribution in [1.82, 2.24) is 5.32 Å². The molecular weight excluding hydrogens is 328 g/mol. The normalized spacial score (nSPS) is 24.1. The van der Waals surface area contributed by atoms with Crippen LogP contribution in [-0.4, -0.2) is 30.8 Å². The Balaban J connectivity index is 2.08. The lowest BCUT2D eigenvalue weighted by Crippen LogP contribution is -2.42. The first kappa shape index (κ1) is 16.8. The topological polar surface area (TPSA) is 35.5 Å². The van der Waals surface area contributed by atoms with Crippen LogP contribution in [0.1, 0.15) is 45.2 Å². The number of halogens is 1. The molecule has 2 N–H and O–H groups in total. The molecule has 3 unspecified atom stereocenters. The second-order valence-electron chi connectivity index (χ2n) is 6.16. The molecule has 0 amide bonds. The van der Waals surface area contributed by atoms with Crippen molar-refractivity contribution in [2.45, 2.75) is 45.8 Å². The molecule has 1 aliphatic heterocycles. The molecule has 0 aromatic heterocycles. The van der Waals surface area contributed by atoms with Gasteiger partial charge in [-0.15, -0.1) is 0 Å². The minimum absolute atomic E-state index is 0.220. The second kappa shape index (κ2) is 7.61. The number of hydrogen-bond acceptors (Lipinski definition) is 3. The van der Waals surface area contributed by atoms with Crippen molar-refractivity contribution < 1.29 is 5.11 Å². The fraction of sp³-hybridized carbons (Fsp3) is 0.647. The van der Waals surface area contributed by atoms with Crippen LogP contribution in [0.3, 0.4) is 0 Å². The Bertz CT molecular complexity index is 466. The highest BCUT2D eigenvalue weighted by atomic mass is 79.9. The summed E-state index contributed by atoms with van der Waals surface area (Å²) in [6.45, 7) is 9.29. The van der Waals surface area contributed by atoms with Crippen LogP contribution in [-0.2, 0) is 0 Å². The molecular formula is C17H27BrN2O. The van der Waals surface area contributed by atoms with Crippen molar-refractivity contribution in [3.8, 4) is 0 Å². The summed E-state index contributed by atoms with van der Waals surface area (Å²) in [6.07, 6.45) is 1.97. The average molecular weight is 355 g/mol. The van der Waals surface area contributed by atoms with E-state index in [2.05, 4.69) is 65.1 Å². The maximum atomic E-state index is 10.1. The van der Waals surface area contributed by atoms with Crippen LogP contribution in [0.4, 0.5) is 5.69 Å². The molecule has 3 atom stereocenters. The number of benzene rings is 1. The van der Waals surface area contributed by atoms with Gasteiger partial charge >= 0.3 is 0 Å². The molecule has 1 aliphatic rings. The van der Waals surface area contributed by atoms with Crippen LogP contribution in [0.15, 0.2) is 22.7 Å². The van der Waals surface area contributed by atoms with E-state index in [0.29, 0.717) is 12.0 Å². The molecule has 2 rings (SSSR count). The molecule has 0 bridgehead atoms. The summed E-state index contributed by atoms with van der Waals surface area (Å²) in [5, 5.41) is 13.6. The van der Waals surface area contributed by atoms with Gasteiger partial charge in [0.15, 0.2) is 0 Å². The van der Waals surface area contributed by atoms with Crippen LogP contribution in [0.5, 0.6) is 0 Å². The van der Waals surface area contributed by atoms with E-state index in [1.165, 1.54) is 11.3 Å². The van der Waals surface area contributed by atoms with Gasteiger partial charge in [-0.05, 0) is 49.9 Å². The van der Waals surface area contributed by atoms with Gasteiger partial charge in [-0.1, -0.05) is 35.8 Å². The lowest BCUT2D eigenvalue weighted by atomic mass is 9.95. The zero-order chi connectivity index (χ0) is 15.4. The Kier molecular flexibility index (Phi) is 6.08. The molecule has 1 fully saturated rings. The Hall–Kier alpha value is -0.580. The summed E-state index contributed by atoms with van der Waals surface area (Å²) in [5.41, 5.74) is 2.48. The van der Waals surface area contributed by atoms with E-state index >= 15 is 0 Å². The number of anilines is 1. The average Bonchev–Trinajstić information content (AvgIpc) is 2.47. The van der Waals surface area contributed by atoms with Crippen molar-refractivity contribution in [2.24, 2.45) is 5.92 Å². The highest BCUT2D eigenvalue weighted by molar-refractivity contribution is 9.10. The molecule has 1 aromatic carbocycles. The summed E-state index contributed by atoms with van der Waals surface area (Å²) in [6, 6.07) is 6.90. The van der Waals surface area contributed by atoms with E-state index in [4.69, 9.17) is 0 Å². The standard InChI is InChI=1S/C17H27BrN2O/c1-4-8-19-13(3)15-6-5-14(10-16(15)18)20-9-7-12(2)17(21)11-20/h5-6,10,12-13,17,19,21H,4,7-9,11H2,1-3H3. The third-order valence-electron chi connectivity index (χ3n) is 4.43. The first-order chi connectivity index (χ1) is 10.0. The fourth-order valence-corrected chi connectivity index (χ4v) is 3.53. The van der Waals surface area contributed by atoms with Crippen LogP contribution >= 0.6 is 15.9 Å². The fourth-order valence-electron chi connectivity index (χ4n) is 2.82. The van der Waals surface area contributed by atoms with E-state index in [1.807, 2.05) is 0 Å². The minimum atomic E-state index is -0.220. The van der Waals surface area contributed by atoms with Gasteiger partial charge < -0.3 is 15.3 Å². The Labute approximate surface area is 136 Å². The number of nitrogens with zero attached hydrogens (tertiary/aromatic N) is 1. The van der Waals surface area contributed by atoms with Crippen molar-refractivity contribution in [2.75, 3.05) is 24.5 Å². The SMILES string of the molecule is CCCNC(C)c1ccc(N2CCC(C)C(O)C2)cc1Br. The largest absolute Gasteiger partial charge is 0.391 e. The third kappa shape index (κ3) is 4.21. The number of piperidine rings is 1. The quantitative estimate of drug-likeness (QED) is 0.845. The van der Waals surface area contributed by atoms with Gasteiger partial charge in [-0.3, -0.25) is 0 Å². The van der Waals surface area contributed by atoms with Crippen molar-refractivity contribution in [3.63, 3.8) is 0 Å². The molecule has 3 nitrogen and oxygen atoms in total. The van der Waals surface area contributed by atoms with E-state index < -0.39 is 0 Å². The first-order valence-electron chi connectivity index (χ1n) is 7.98. The monoisotopic (exact) mass is 354 g/mol. The lowest BCUT2D eigenvalue weighted by molar-refractivity contribution is 0.103. The maximum absolute atomic E-state index is 10.1. The molecule has 1 saturated heterocycles. The van der Waals surface area contributed by atoms with Gasteiger partial charge in [0.1, 0.15) is 0 Å². The number of nitrogens with one attached hydrogen (secondary N) is 1. The third-order valence-corrected chi connectivity index (χ3v) is 5.12. The van der Waals surface area contributed by atoms with Gasteiger partial charge in [-0.25, -0.2) is 0 Å². The van der Waals surface area contributed by atoms with E-state index in [1.54, 1.807) is 0 Å². The molecule has 0 spiro atoms. The number of aliphatic hydroxyl groups is 1. The van der Waals surface area contributed by atoms with Crippen molar-refractivity contribution in [3.05, 3.63) is 28.2 Å². The second-order valence-corrected chi connectivity index (χ2v) is 7.02. The van der Waals surface area contributed by atoms with Crippen LogP contribution in [0.25, 0.3) is 0 Å². The summed E-state index contributed by atoms with van der Waals surface area (Å²) in [4.78, 5) is 2.28. The zero-order valence-electron chi connectivity index (χ0n) is 13.3.